The molecule has 1 heterocycles. The highest BCUT2D eigenvalue weighted by atomic mass is 32.2. The molecular weight excluding hydrogens is 342 g/mol. The van der Waals surface area contributed by atoms with Crippen molar-refractivity contribution in [2.45, 2.75) is 26.5 Å². The number of hydrogen-bond donors (Lipinski definition) is 1. The van der Waals surface area contributed by atoms with E-state index in [-0.39, 0.29) is 11.4 Å². The van der Waals surface area contributed by atoms with Gasteiger partial charge in [-0.1, -0.05) is 6.07 Å². The van der Waals surface area contributed by atoms with Crippen LogP contribution in [0.15, 0.2) is 35.1 Å². The molecule has 0 aliphatic rings. The van der Waals surface area contributed by atoms with E-state index in [4.69, 9.17) is 9.47 Å². The van der Waals surface area contributed by atoms with E-state index in [1.54, 1.807) is 36.6 Å². The Balaban J connectivity index is 2.27. The summed E-state index contributed by atoms with van der Waals surface area (Å²) in [7, 11) is 0.415. The molecule has 0 saturated heterocycles. The highest BCUT2D eigenvalue weighted by molar-refractivity contribution is 7.84. The molecule has 2 atom stereocenters. The molecule has 2 unspecified atom stereocenters. The minimum Gasteiger partial charge on any atom is -0.493 e. The summed E-state index contributed by atoms with van der Waals surface area (Å²) in [5, 5.41) is 10.6. The smallest absolute Gasteiger partial charge is 0.182 e. The van der Waals surface area contributed by atoms with Crippen molar-refractivity contribution in [1.82, 2.24) is 4.57 Å². The molecule has 136 valence electrons. The molecule has 0 aliphatic carbocycles. The van der Waals surface area contributed by atoms with Crippen LogP contribution in [0.4, 0.5) is 0 Å². The first-order valence-electron chi connectivity index (χ1n) is 7.78. The first-order chi connectivity index (χ1) is 11.8. The van der Waals surface area contributed by atoms with Crippen molar-refractivity contribution >= 4 is 10.8 Å². The third-order valence-electron chi connectivity index (χ3n) is 3.86. The van der Waals surface area contributed by atoms with Crippen LogP contribution in [0.1, 0.15) is 23.1 Å². The average Bonchev–Trinajstić information content (AvgIpc) is 2.55. The van der Waals surface area contributed by atoms with Gasteiger partial charge in [-0.25, -0.2) is 0 Å². The summed E-state index contributed by atoms with van der Waals surface area (Å²) in [6.45, 7) is 3.98. The van der Waals surface area contributed by atoms with Crippen LogP contribution in [0.3, 0.4) is 0 Å². The Bertz CT molecular complexity index is 804. The fourth-order valence-corrected chi connectivity index (χ4v) is 2.91. The lowest BCUT2D eigenvalue weighted by Gasteiger charge is -2.19. The Morgan fingerprint density at radius 2 is 1.80 bits per heavy atom. The van der Waals surface area contributed by atoms with Gasteiger partial charge in [0.2, 0.25) is 0 Å². The lowest BCUT2D eigenvalue weighted by Crippen LogP contribution is -2.17. The second kappa shape index (κ2) is 8.31. The molecule has 0 spiro atoms. The Hall–Kier alpha value is -2.12. The number of aliphatic hydroxyl groups excluding tert-OH is 1. The minimum atomic E-state index is -1.11. The zero-order chi connectivity index (χ0) is 18.6. The standard InChI is InChI=1S/C18H23NO5S/c1-12-7-15(20)8-13(2)19(12)10-16(21)14-5-6-17(23-3)18(9-14)24-11-25(4)22/h5-9,16,21H,10-11H2,1-4H3. The molecule has 0 amide bonds. The van der Waals surface area contributed by atoms with Crippen molar-refractivity contribution < 1.29 is 18.8 Å². The Morgan fingerprint density at radius 3 is 2.36 bits per heavy atom. The molecule has 0 saturated carbocycles. The van der Waals surface area contributed by atoms with Crippen LogP contribution in [-0.4, -0.2) is 33.2 Å². The van der Waals surface area contributed by atoms with E-state index in [2.05, 4.69) is 0 Å². The summed E-state index contributed by atoms with van der Waals surface area (Å²) in [5.41, 5.74) is 2.18. The van der Waals surface area contributed by atoms with Gasteiger partial charge in [-0.15, -0.1) is 0 Å². The van der Waals surface area contributed by atoms with E-state index in [1.165, 1.54) is 7.11 Å². The normalized spacial score (nSPS) is 13.3. The second-order valence-corrected chi connectivity index (χ2v) is 7.23. The molecule has 2 aromatic rings. The topological polar surface area (TPSA) is 77.8 Å². The maximum Gasteiger partial charge on any atom is 0.182 e. The van der Waals surface area contributed by atoms with Gasteiger partial charge in [0.25, 0.3) is 0 Å². The Kier molecular flexibility index (Phi) is 6.39. The molecule has 6 nitrogen and oxygen atoms in total. The molecular formula is C18H23NO5S. The van der Waals surface area contributed by atoms with Crippen molar-refractivity contribution in [2.75, 3.05) is 19.3 Å². The van der Waals surface area contributed by atoms with Gasteiger partial charge in [0.05, 0.1) is 30.6 Å². The SMILES string of the molecule is COc1ccc(C(O)Cn2c(C)cc(=O)cc2C)cc1OCS(C)=O. The molecule has 1 aromatic carbocycles. The van der Waals surface area contributed by atoms with Crippen LogP contribution >= 0.6 is 0 Å². The average molecular weight is 365 g/mol. The fourth-order valence-electron chi connectivity index (χ4n) is 2.61. The quantitative estimate of drug-likeness (QED) is 0.811. The third kappa shape index (κ3) is 4.93. The maximum absolute atomic E-state index is 11.5. The van der Waals surface area contributed by atoms with Gasteiger partial charge >= 0.3 is 0 Å². The highest BCUT2D eigenvalue weighted by Crippen LogP contribution is 2.31. The van der Waals surface area contributed by atoms with Gasteiger partial charge in [0.1, 0.15) is 0 Å². The molecule has 0 fully saturated rings. The first-order valence-corrected chi connectivity index (χ1v) is 9.51. The monoisotopic (exact) mass is 365 g/mol. The molecule has 2 rings (SSSR count). The zero-order valence-corrected chi connectivity index (χ0v) is 15.6. The number of benzene rings is 1. The van der Waals surface area contributed by atoms with Gasteiger partial charge in [-0.05, 0) is 31.5 Å². The first kappa shape index (κ1) is 19.2. The summed E-state index contributed by atoms with van der Waals surface area (Å²) >= 11 is 0. The highest BCUT2D eigenvalue weighted by Gasteiger charge is 2.14. The predicted octanol–water partition coefficient (Wildman–Crippen LogP) is 1.92. The number of aryl methyl sites for hydroxylation is 2. The number of nitrogens with zero attached hydrogens (tertiary/aromatic N) is 1. The molecule has 7 heteroatoms. The lowest BCUT2D eigenvalue weighted by molar-refractivity contribution is 0.154. The third-order valence-corrected chi connectivity index (χ3v) is 4.31. The van der Waals surface area contributed by atoms with E-state index < -0.39 is 16.9 Å². The van der Waals surface area contributed by atoms with E-state index in [0.29, 0.717) is 23.6 Å². The number of ether oxygens (including phenoxy) is 2. The summed E-state index contributed by atoms with van der Waals surface area (Å²) in [5.74, 6) is 0.994. The van der Waals surface area contributed by atoms with Crippen molar-refractivity contribution in [3.63, 3.8) is 0 Å². The number of hydrogen-bond acceptors (Lipinski definition) is 5. The predicted molar refractivity (Wildman–Crippen MR) is 97.7 cm³/mol. The molecule has 0 bridgehead atoms. The van der Waals surface area contributed by atoms with Crippen LogP contribution in [0.25, 0.3) is 0 Å². The van der Waals surface area contributed by atoms with Crippen molar-refractivity contribution in [2.24, 2.45) is 0 Å². The number of aliphatic hydroxyl groups is 1. The maximum atomic E-state index is 11.5. The van der Waals surface area contributed by atoms with E-state index in [9.17, 15) is 14.1 Å². The van der Waals surface area contributed by atoms with Crippen molar-refractivity contribution in [3.8, 4) is 11.5 Å². The van der Waals surface area contributed by atoms with Gasteiger partial charge in [-0.3, -0.25) is 9.00 Å². The summed E-state index contributed by atoms with van der Waals surface area (Å²) < 4.78 is 23.9. The van der Waals surface area contributed by atoms with E-state index in [0.717, 1.165) is 11.4 Å². The minimum absolute atomic E-state index is 0.0477. The van der Waals surface area contributed by atoms with E-state index in [1.807, 2.05) is 18.4 Å². The van der Waals surface area contributed by atoms with Crippen LogP contribution in [0, 0.1) is 13.8 Å². The number of aromatic nitrogens is 1. The van der Waals surface area contributed by atoms with Gasteiger partial charge in [0.15, 0.2) is 22.9 Å². The van der Waals surface area contributed by atoms with Crippen LogP contribution < -0.4 is 14.9 Å². The molecule has 1 N–H and O–H groups in total. The lowest BCUT2D eigenvalue weighted by atomic mass is 10.1. The van der Waals surface area contributed by atoms with Gasteiger partial charge < -0.3 is 19.1 Å². The number of methoxy groups -OCH3 is 1. The van der Waals surface area contributed by atoms with Crippen LogP contribution in [0.5, 0.6) is 11.5 Å². The van der Waals surface area contributed by atoms with Crippen molar-refractivity contribution in [1.29, 1.82) is 0 Å². The Labute approximate surface area is 149 Å². The number of pyridine rings is 1. The summed E-state index contributed by atoms with van der Waals surface area (Å²) in [6, 6.07) is 8.23. The fraction of sp³-hybridized carbons (Fsp3) is 0.389. The van der Waals surface area contributed by atoms with Crippen molar-refractivity contribution in [3.05, 3.63) is 57.5 Å². The summed E-state index contributed by atoms with van der Waals surface area (Å²) in [6.07, 6.45) is 0.757. The van der Waals surface area contributed by atoms with Crippen LogP contribution in [-0.2, 0) is 17.3 Å². The van der Waals surface area contributed by atoms with Gasteiger partial charge in [-0.2, -0.15) is 0 Å². The zero-order valence-electron chi connectivity index (χ0n) is 14.8. The largest absolute Gasteiger partial charge is 0.493 e. The Morgan fingerprint density at radius 1 is 1.16 bits per heavy atom. The van der Waals surface area contributed by atoms with E-state index >= 15 is 0 Å². The van der Waals surface area contributed by atoms with Gasteiger partial charge in [0, 0.05) is 29.8 Å². The summed E-state index contributed by atoms with van der Waals surface area (Å²) in [4.78, 5) is 11.5. The molecule has 0 aliphatic heterocycles. The van der Waals surface area contributed by atoms with Crippen LogP contribution in [0.2, 0.25) is 0 Å². The molecule has 25 heavy (non-hydrogen) atoms. The molecule has 1 aromatic heterocycles. The number of rotatable bonds is 7. The molecule has 0 radical (unpaired) electrons. The second-order valence-electron chi connectivity index (χ2n) is 5.85.